The van der Waals surface area contributed by atoms with Crippen molar-refractivity contribution in [2.45, 2.75) is 38.1 Å². The number of aliphatic hydroxyl groups is 1. The average Bonchev–Trinajstić information content (AvgIpc) is 2.44. The predicted molar refractivity (Wildman–Crippen MR) is 79.0 cm³/mol. The highest BCUT2D eigenvalue weighted by molar-refractivity contribution is 9.10. The standard InChI is InChI=1S/C15H19BrFNO2/c1-10-5-7-15(9-19,8-6-10)18-14(20)11-3-2-4-12(16)13(11)17/h2-4,10,19H,5-9H2,1H3,(H,18,20). The second-order valence-electron chi connectivity index (χ2n) is 5.68. The molecule has 2 N–H and O–H groups in total. The van der Waals surface area contributed by atoms with Gasteiger partial charge in [-0.25, -0.2) is 4.39 Å². The molecule has 1 aliphatic rings. The molecule has 3 nitrogen and oxygen atoms in total. The molecule has 0 aromatic heterocycles. The van der Waals surface area contributed by atoms with Gasteiger partial charge in [-0.05, 0) is 59.7 Å². The lowest BCUT2D eigenvalue weighted by Gasteiger charge is -2.38. The maximum absolute atomic E-state index is 13.9. The molecule has 1 aliphatic carbocycles. The monoisotopic (exact) mass is 343 g/mol. The number of hydrogen-bond acceptors (Lipinski definition) is 2. The van der Waals surface area contributed by atoms with Gasteiger partial charge in [0.1, 0.15) is 5.82 Å². The first-order valence-electron chi connectivity index (χ1n) is 6.85. The van der Waals surface area contributed by atoms with Gasteiger partial charge in [0.2, 0.25) is 0 Å². The van der Waals surface area contributed by atoms with Crippen molar-refractivity contribution in [2.24, 2.45) is 5.92 Å². The molecule has 0 spiro atoms. The third-order valence-corrected chi connectivity index (χ3v) is 4.72. The van der Waals surface area contributed by atoms with Gasteiger partial charge in [0.25, 0.3) is 5.91 Å². The van der Waals surface area contributed by atoms with Crippen LogP contribution in [0.4, 0.5) is 4.39 Å². The summed E-state index contributed by atoms with van der Waals surface area (Å²) in [7, 11) is 0. The van der Waals surface area contributed by atoms with E-state index in [1.165, 1.54) is 6.07 Å². The molecule has 1 aromatic carbocycles. The minimum Gasteiger partial charge on any atom is -0.394 e. The van der Waals surface area contributed by atoms with Crippen LogP contribution in [0.1, 0.15) is 43.0 Å². The zero-order valence-electron chi connectivity index (χ0n) is 11.5. The quantitative estimate of drug-likeness (QED) is 0.884. The number of carbonyl (C=O) groups is 1. The molecule has 110 valence electrons. The van der Waals surface area contributed by atoms with E-state index in [0.29, 0.717) is 5.92 Å². The molecule has 1 fully saturated rings. The van der Waals surface area contributed by atoms with Crippen molar-refractivity contribution in [3.8, 4) is 0 Å². The van der Waals surface area contributed by atoms with Crippen molar-refractivity contribution in [2.75, 3.05) is 6.61 Å². The fourth-order valence-electron chi connectivity index (χ4n) is 2.62. The minimum atomic E-state index is -0.613. The second kappa shape index (κ2) is 6.22. The number of carbonyl (C=O) groups excluding carboxylic acids is 1. The van der Waals surface area contributed by atoms with Crippen LogP contribution in [0, 0.1) is 11.7 Å². The summed E-state index contributed by atoms with van der Waals surface area (Å²) in [6, 6.07) is 4.62. The normalized spacial score (nSPS) is 26.3. The molecule has 20 heavy (non-hydrogen) atoms. The SMILES string of the molecule is CC1CCC(CO)(NC(=O)c2cccc(Br)c2F)CC1. The van der Waals surface area contributed by atoms with Crippen molar-refractivity contribution in [1.29, 1.82) is 0 Å². The molecule has 0 heterocycles. The summed E-state index contributed by atoms with van der Waals surface area (Å²) in [4.78, 5) is 12.2. The van der Waals surface area contributed by atoms with E-state index in [1.807, 2.05) is 0 Å². The molecule has 0 unspecified atom stereocenters. The van der Waals surface area contributed by atoms with Gasteiger partial charge in [0.15, 0.2) is 0 Å². The summed E-state index contributed by atoms with van der Waals surface area (Å²) in [5.74, 6) is -0.427. The Hall–Kier alpha value is -0.940. The van der Waals surface area contributed by atoms with Crippen LogP contribution in [0.2, 0.25) is 0 Å². The summed E-state index contributed by atoms with van der Waals surface area (Å²) in [5, 5.41) is 12.5. The smallest absolute Gasteiger partial charge is 0.254 e. The Labute approximate surface area is 126 Å². The van der Waals surface area contributed by atoms with Gasteiger partial charge >= 0.3 is 0 Å². The first-order valence-corrected chi connectivity index (χ1v) is 7.64. The van der Waals surface area contributed by atoms with Crippen molar-refractivity contribution in [1.82, 2.24) is 5.32 Å². The van der Waals surface area contributed by atoms with E-state index in [0.717, 1.165) is 25.7 Å². The minimum absolute atomic E-state index is 0.00539. The molecule has 0 bridgehead atoms. The molecule has 0 saturated heterocycles. The van der Waals surface area contributed by atoms with Crippen molar-refractivity contribution in [3.63, 3.8) is 0 Å². The van der Waals surface area contributed by atoms with Crippen LogP contribution in [0.25, 0.3) is 0 Å². The Morgan fingerprint density at radius 2 is 2.15 bits per heavy atom. The number of halogens is 2. The van der Waals surface area contributed by atoms with Gasteiger partial charge < -0.3 is 10.4 Å². The molecule has 1 aromatic rings. The van der Waals surface area contributed by atoms with Crippen molar-refractivity contribution in [3.05, 3.63) is 34.1 Å². The third kappa shape index (κ3) is 3.20. The lowest BCUT2D eigenvalue weighted by atomic mass is 9.77. The van der Waals surface area contributed by atoms with Crippen molar-refractivity contribution < 1.29 is 14.3 Å². The van der Waals surface area contributed by atoms with Gasteiger partial charge in [-0.3, -0.25) is 4.79 Å². The number of amides is 1. The van der Waals surface area contributed by atoms with Gasteiger partial charge in [0, 0.05) is 0 Å². The van der Waals surface area contributed by atoms with Crippen LogP contribution >= 0.6 is 15.9 Å². The highest BCUT2D eigenvalue weighted by atomic mass is 79.9. The molecule has 2 rings (SSSR count). The van der Waals surface area contributed by atoms with E-state index in [1.54, 1.807) is 12.1 Å². The lowest BCUT2D eigenvalue weighted by molar-refractivity contribution is 0.0713. The fourth-order valence-corrected chi connectivity index (χ4v) is 2.99. The van der Waals surface area contributed by atoms with Crippen LogP contribution in [0.5, 0.6) is 0 Å². The van der Waals surface area contributed by atoms with E-state index in [4.69, 9.17) is 0 Å². The van der Waals surface area contributed by atoms with Gasteiger partial charge in [-0.15, -0.1) is 0 Å². The number of rotatable bonds is 3. The summed E-state index contributed by atoms with van der Waals surface area (Å²) < 4.78 is 14.2. The molecular formula is C15H19BrFNO2. The Kier molecular flexibility index (Phi) is 4.81. The highest BCUT2D eigenvalue weighted by Crippen LogP contribution is 2.32. The maximum Gasteiger partial charge on any atom is 0.254 e. The first-order chi connectivity index (χ1) is 9.47. The van der Waals surface area contributed by atoms with Gasteiger partial charge in [-0.2, -0.15) is 0 Å². The highest BCUT2D eigenvalue weighted by Gasteiger charge is 2.35. The number of aliphatic hydroxyl groups excluding tert-OH is 1. The zero-order chi connectivity index (χ0) is 14.8. The predicted octanol–water partition coefficient (Wildman–Crippen LogP) is 3.26. The third-order valence-electron chi connectivity index (χ3n) is 4.11. The molecule has 0 atom stereocenters. The number of hydrogen-bond donors (Lipinski definition) is 2. The Bertz CT molecular complexity index is 499. The van der Waals surface area contributed by atoms with E-state index in [-0.39, 0.29) is 16.6 Å². The second-order valence-corrected chi connectivity index (χ2v) is 6.53. The molecule has 1 saturated carbocycles. The molecule has 5 heteroatoms. The van der Waals surface area contributed by atoms with Crippen LogP contribution in [0.15, 0.2) is 22.7 Å². The van der Waals surface area contributed by atoms with E-state index in [9.17, 15) is 14.3 Å². The van der Waals surface area contributed by atoms with E-state index in [2.05, 4.69) is 28.2 Å². The summed E-state index contributed by atoms with van der Waals surface area (Å²) in [6.07, 6.45) is 3.38. The molecular weight excluding hydrogens is 325 g/mol. The van der Waals surface area contributed by atoms with Gasteiger partial charge in [0.05, 0.1) is 22.2 Å². The van der Waals surface area contributed by atoms with Crippen LogP contribution in [0.3, 0.4) is 0 Å². The topological polar surface area (TPSA) is 49.3 Å². The first kappa shape index (κ1) is 15.4. The Balaban J connectivity index is 2.15. The largest absolute Gasteiger partial charge is 0.394 e. The van der Waals surface area contributed by atoms with Crippen molar-refractivity contribution >= 4 is 21.8 Å². The fraction of sp³-hybridized carbons (Fsp3) is 0.533. The number of nitrogens with one attached hydrogen (secondary N) is 1. The molecule has 1 amide bonds. The van der Waals surface area contributed by atoms with E-state index >= 15 is 0 Å². The summed E-state index contributed by atoms with van der Waals surface area (Å²) >= 11 is 3.07. The van der Waals surface area contributed by atoms with Crippen LogP contribution in [-0.2, 0) is 0 Å². The van der Waals surface area contributed by atoms with Gasteiger partial charge in [-0.1, -0.05) is 13.0 Å². The molecule has 0 aliphatic heterocycles. The van der Waals surface area contributed by atoms with Crippen LogP contribution < -0.4 is 5.32 Å². The zero-order valence-corrected chi connectivity index (χ0v) is 13.0. The number of benzene rings is 1. The Morgan fingerprint density at radius 1 is 1.50 bits per heavy atom. The molecule has 0 radical (unpaired) electrons. The summed E-state index contributed by atoms with van der Waals surface area (Å²) in [5.41, 5.74) is -0.607. The van der Waals surface area contributed by atoms with Crippen LogP contribution in [-0.4, -0.2) is 23.2 Å². The summed E-state index contributed by atoms with van der Waals surface area (Å²) in [6.45, 7) is 2.05. The Morgan fingerprint density at radius 3 is 2.75 bits per heavy atom. The van der Waals surface area contributed by atoms with E-state index < -0.39 is 17.3 Å². The maximum atomic E-state index is 13.9. The lowest BCUT2D eigenvalue weighted by Crippen LogP contribution is -2.53. The average molecular weight is 344 g/mol.